The molecule has 20 heavy (non-hydrogen) atoms. The molecule has 0 atom stereocenters. The molecule has 0 aliphatic rings. The summed E-state index contributed by atoms with van der Waals surface area (Å²) in [5.74, 6) is 0. The van der Waals surface area contributed by atoms with E-state index in [0.29, 0.717) is 0 Å². The van der Waals surface area contributed by atoms with Gasteiger partial charge in [-0.1, -0.05) is 24.3 Å². The van der Waals surface area contributed by atoms with E-state index in [1.807, 2.05) is 12.1 Å². The van der Waals surface area contributed by atoms with E-state index in [2.05, 4.69) is 46.4 Å². The van der Waals surface area contributed by atoms with Crippen LogP contribution in [-0.2, 0) is 25.9 Å². The van der Waals surface area contributed by atoms with Crippen molar-refractivity contribution in [3.63, 3.8) is 0 Å². The number of para-hydroxylation sites is 2. The molecule has 4 aromatic rings. The molecule has 0 aliphatic carbocycles. The van der Waals surface area contributed by atoms with Crippen LogP contribution in [0.15, 0.2) is 48.5 Å². The molecule has 0 amide bonds. The van der Waals surface area contributed by atoms with Crippen LogP contribution in [0.2, 0.25) is 0 Å². The summed E-state index contributed by atoms with van der Waals surface area (Å²) in [7, 11) is 0. The van der Waals surface area contributed by atoms with Gasteiger partial charge in [-0.15, -0.1) is 22.7 Å². The fourth-order valence-corrected chi connectivity index (χ4v) is 4.16. The SMILES string of the molecule is [Zn+2].c1ccc2sc(Cc3nc4ccccc4s3)nc2c1. The predicted octanol–water partition coefficient (Wildman–Crippen LogP) is 4.49. The normalized spacial score (nSPS) is 10.8. The Labute approximate surface area is 137 Å². The van der Waals surface area contributed by atoms with Gasteiger partial charge in [-0.2, -0.15) is 0 Å². The fraction of sp³-hybridized carbons (Fsp3) is 0.0667. The van der Waals surface area contributed by atoms with E-state index in [4.69, 9.17) is 0 Å². The third-order valence-electron chi connectivity index (χ3n) is 2.98. The van der Waals surface area contributed by atoms with E-state index < -0.39 is 0 Å². The zero-order chi connectivity index (χ0) is 12.7. The topological polar surface area (TPSA) is 25.8 Å². The molecule has 2 nitrogen and oxygen atoms in total. The number of aromatic nitrogens is 2. The van der Waals surface area contributed by atoms with Crippen LogP contribution >= 0.6 is 22.7 Å². The molecule has 0 unspecified atom stereocenters. The van der Waals surface area contributed by atoms with Crippen molar-refractivity contribution in [1.29, 1.82) is 0 Å². The van der Waals surface area contributed by atoms with Crippen molar-refractivity contribution in [2.24, 2.45) is 0 Å². The second-order valence-electron chi connectivity index (χ2n) is 4.33. The Kier molecular flexibility index (Phi) is 3.92. The molecule has 92 valence electrons. The van der Waals surface area contributed by atoms with Gasteiger partial charge in [0.05, 0.1) is 26.9 Å². The minimum Gasteiger partial charge on any atom is -0.241 e. The van der Waals surface area contributed by atoms with Crippen LogP contribution in [-0.4, -0.2) is 9.97 Å². The minimum absolute atomic E-state index is 0. The van der Waals surface area contributed by atoms with Crippen molar-refractivity contribution < 1.29 is 19.5 Å². The summed E-state index contributed by atoms with van der Waals surface area (Å²) >= 11 is 3.52. The van der Waals surface area contributed by atoms with Crippen LogP contribution in [0.4, 0.5) is 0 Å². The summed E-state index contributed by atoms with van der Waals surface area (Å²) in [6.07, 6.45) is 0.832. The monoisotopic (exact) mass is 346 g/mol. The van der Waals surface area contributed by atoms with Gasteiger partial charge in [-0.05, 0) is 24.3 Å². The van der Waals surface area contributed by atoms with Gasteiger partial charge in [0.15, 0.2) is 0 Å². The Balaban J connectivity index is 0.00000121. The summed E-state index contributed by atoms with van der Waals surface area (Å²) in [6.45, 7) is 0. The first kappa shape index (κ1) is 13.8. The first-order valence-electron chi connectivity index (χ1n) is 6.07. The van der Waals surface area contributed by atoms with Crippen LogP contribution in [0.1, 0.15) is 10.0 Å². The number of thiazole rings is 2. The Hall–Kier alpha value is -1.16. The van der Waals surface area contributed by atoms with E-state index in [1.54, 1.807) is 22.7 Å². The third-order valence-corrected chi connectivity index (χ3v) is 5.05. The molecule has 5 heteroatoms. The molecular weight excluding hydrogens is 338 g/mol. The van der Waals surface area contributed by atoms with Gasteiger partial charge in [0, 0.05) is 0 Å². The summed E-state index contributed by atoms with van der Waals surface area (Å²) in [5.41, 5.74) is 2.17. The van der Waals surface area contributed by atoms with Gasteiger partial charge < -0.3 is 0 Å². The van der Waals surface area contributed by atoms with Gasteiger partial charge in [0.25, 0.3) is 0 Å². The van der Waals surface area contributed by atoms with Gasteiger partial charge in [0.2, 0.25) is 0 Å². The largest absolute Gasteiger partial charge is 2.00 e. The van der Waals surface area contributed by atoms with Crippen molar-refractivity contribution in [3.05, 3.63) is 58.5 Å². The van der Waals surface area contributed by atoms with E-state index in [9.17, 15) is 0 Å². The summed E-state index contributed by atoms with van der Waals surface area (Å²) in [6, 6.07) is 16.5. The molecule has 0 N–H and O–H groups in total. The predicted molar refractivity (Wildman–Crippen MR) is 82.0 cm³/mol. The Morgan fingerprint density at radius 1 is 0.700 bits per heavy atom. The summed E-state index contributed by atoms with van der Waals surface area (Å²) < 4.78 is 2.50. The number of nitrogens with zero attached hydrogens (tertiary/aromatic N) is 2. The molecule has 0 saturated carbocycles. The van der Waals surface area contributed by atoms with Gasteiger partial charge in [-0.25, -0.2) is 9.97 Å². The van der Waals surface area contributed by atoms with Crippen LogP contribution in [0.25, 0.3) is 20.4 Å². The molecule has 0 spiro atoms. The number of fused-ring (bicyclic) bond motifs is 2. The molecule has 0 aliphatic heterocycles. The Morgan fingerprint density at radius 3 is 1.60 bits per heavy atom. The van der Waals surface area contributed by atoms with E-state index >= 15 is 0 Å². The van der Waals surface area contributed by atoms with Crippen LogP contribution < -0.4 is 0 Å². The van der Waals surface area contributed by atoms with Crippen LogP contribution in [0.3, 0.4) is 0 Å². The standard InChI is InChI=1S/C15H10N2S2.Zn/c1-3-7-12-10(5-1)16-14(18-12)9-15-17-11-6-2-4-8-13(11)19-15;/h1-8H,9H2;/q;+2. The van der Waals surface area contributed by atoms with Crippen molar-refractivity contribution in [2.75, 3.05) is 0 Å². The number of rotatable bonds is 2. The van der Waals surface area contributed by atoms with Crippen molar-refractivity contribution in [1.82, 2.24) is 9.97 Å². The molecule has 0 saturated heterocycles. The number of benzene rings is 2. The van der Waals surface area contributed by atoms with Gasteiger partial charge in [0.1, 0.15) is 10.0 Å². The zero-order valence-corrected chi connectivity index (χ0v) is 15.3. The third kappa shape index (κ3) is 2.53. The smallest absolute Gasteiger partial charge is 0.241 e. The first-order chi connectivity index (χ1) is 9.38. The quantitative estimate of drug-likeness (QED) is 0.499. The first-order valence-corrected chi connectivity index (χ1v) is 7.71. The summed E-state index contributed by atoms with van der Waals surface area (Å²) in [5, 5.41) is 2.28. The molecule has 2 aromatic heterocycles. The number of hydrogen-bond donors (Lipinski definition) is 0. The molecule has 0 radical (unpaired) electrons. The van der Waals surface area contributed by atoms with E-state index in [1.165, 1.54) is 9.40 Å². The van der Waals surface area contributed by atoms with Crippen LogP contribution in [0, 0.1) is 0 Å². The van der Waals surface area contributed by atoms with Gasteiger partial charge in [-0.3, -0.25) is 0 Å². The molecule has 0 bridgehead atoms. The average Bonchev–Trinajstić information content (AvgIpc) is 3.00. The van der Waals surface area contributed by atoms with Crippen molar-refractivity contribution in [3.8, 4) is 0 Å². The van der Waals surface area contributed by atoms with Crippen LogP contribution in [0.5, 0.6) is 0 Å². The maximum atomic E-state index is 4.66. The fourth-order valence-electron chi connectivity index (χ4n) is 2.12. The zero-order valence-electron chi connectivity index (χ0n) is 10.7. The maximum Gasteiger partial charge on any atom is 2.00 e. The second kappa shape index (κ2) is 5.68. The molecular formula is C15H10N2S2Zn+2. The average molecular weight is 348 g/mol. The minimum atomic E-state index is 0. The Bertz CT molecular complexity index is 728. The van der Waals surface area contributed by atoms with E-state index in [-0.39, 0.29) is 19.5 Å². The summed E-state index contributed by atoms with van der Waals surface area (Å²) in [4.78, 5) is 9.33. The number of hydrogen-bond acceptors (Lipinski definition) is 4. The maximum absolute atomic E-state index is 4.66. The van der Waals surface area contributed by atoms with Crippen molar-refractivity contribution >= 4 is 43.1 Å². The molecule has 2 heterocycles. The second-order valence-corrected chi connectivity index (χ2v) is 6.56. The van der Waals surface area contributed by atoms with Gasteiger partial charge >= 0.3 is 19.5 Å². The van der Waals surface area contributed by atoms with E-state index in [0.717, 1.165) is 27.5 Å². The molecule has 4 rings (SSSR count). The molecule has 2 aromatic carbocycles. The molecule has 0 fully saturated rings. The Morgan fingerprint density at radius 2 is 1.15 bits per heavy atom. The van der Waals surface area contributed by atoms with Crippen molar-refractivity contribution in [2.45, 2.75) is 6.42 Å².